The highest BCUT2D eigenvalue weighted by Crippen LogP contribution is 2.44. The van der Waals surface area contributed by atoms with E-state index in [1.807, 2.05) is 0 Å². The van der Waals surface area contributed by atoms with Gasteiger partial charge in [0.1, 0.15) is 0 Å². The Bertz CT molecular complexity index is 2460. The Hall–Kier alpha value is -5.66. The second-order valence-electron chi connectivity index (χ2n) is 11.3. The maximum Gasteiger partial charge on any atom is 0.0626 e. The molecule has 1 aromatic heterocycles. The molecule has 200 valence electrons. The van der Waals surface area contributed by atoms with Gasteiger partial charge in [-0.2, -0.15) is 0 Å². The topological polar surface area (TPSA) is 4.93 Å². The van der Waals surface area contributed by atoms with Crippen LogP contribution in [0.15, 0.2) is 164 Å². The molecule has 0 fully saturated rings. The molecule has 0 saturated carbocycles. The van der Waals surface area contributed by atoms with E-state index in [0.29, 0.717) is 0 Å². The number of nitrogens with zero attached hydrogens (tertiary/aromatic N) is 1. The first-order valence-corrected chi connectivity index (χ1v) is 14.9. The van der Waals surface area contributed by atoms with Crippen molar-refractivity contribution in [2.75, 3.05) is 0 Å². The van der Waals surface area contributed by atoms with Gasteiger partial charge in [0.15, 0.2) is 0 Å². The van der Waals surface area contributed by atoms with Gasteiger partial charge < -0.3 is 4.57 Å². The number of hydrogen-bond acceptors (Lipinski definition) is 0. The first-order valence-electron chi connectivity index (χ1n) is 14.9. The van der Waals surface area contributed by atoms with Crippen molar-refractivity contribution in [3.63, 3.8) is 0 Å². The van der Waals surface area contributed by atoms with Gasteiger partial charge in [0, 0.05) is 27.2 Å². The molecular weight excluding hydrogens is 518 g/mol. The summed E-state index contributed by atoms with van der Waals surface area (Å²) in [5.41, 5.74) is 8.56. The van der Waals surface area contributed by atoms with Crippen LogP contribution >= 0.6 is 0 Å². The predicted molar refractivity (Wildman–Crippen MR) is 184 cm³/mol. The Morgan fingerprint density at radius 3 is 1.56 bits per heavy atom. The lowest BCUT2D eigenvalue weighted by molar-refractivity contribution is 1.19. The second-order valence-corrected chi connectivity index (χ2v) is 11.3. The maximum absolute atomic E-state index is 2.47. The Morgan fingerprint density at radius 1 is 0.302 bits per heavy atom. The minimum absolute atomic E-state index is 1.17. The molecule has 1 nitrogen and oxygen atoms in total. The van der Waals surface area contributed by atoms with E-state index in [0.717, 1.165) is 0 Å². The van der Waals surface area contributed by atoms with Gasteiger partial charge in [-0.1, -0.05) is 146 Å². The van der Waals surface area contributed by atoms with Crippen molar-refractivity contribution in [2.45, 2.75) is 0 Å². The monoisotopic (exact) mass is 545 g/mol. The molecule has 8 aromatic carbocycles. The average molecular weight is 546 g/mol. The summed E-state index contributed by atoms with van der Waals surface area (Å²) >= 11 is 0. The highest BCUT2D eigenvalue weighted by atomic mass is 15.0. The first-order chi connectivity index (χ1) is 21.3. The summed E-state index contributed by atoms with van der Waals surface area (Å²) in [6, 6.07) is 59.6. The number of aromatic nitrogens is 1. The van der Waals surface area contributed by atoms with Crippen molar-refractivity contribution in [1.29, 1.82) is 0 Å². The molecule has 0 spiro atoms. The number of benzene rings is 8. The molecular formula is C42H27N. The third kappa shape index (κ3) is 3.65. The van der Waals surface area contributed by atoms with E-state index in [1.165, 1.54) is 82.1 Å². The predicted octanol–water partition coefficient (Wildman–Crippen LogP) is 11.6. The molecule has 0 aliphatic heterocycles. The molecule has 0 aliphatic rings. The van der Waals surface area contributed by atoms with Crippen LogP contribution in [0.3, 0.4) is 0 Å². The van der Waals surface area contributed by atoms with Crippen LogP contribution < -0.4 is 0 Å². The minimum atomic E-state index is 1.17. The Morgan fingerprint density at radius 2 is 0.837 bits per heavy atom. The van der Waals surface area contributed by atoms with Crippen LogP contribution in [0.1, 0.15) is 0 Å². The zero-order chi connectivity index (χ0) is 28.3. The van der Waals surface area contributed by atoms with Gasteiger partial charge in [0.2, 0.25) is 0 Å². The number of rotatable bonds is 3. The SMILES string of the molecule is c1ccc(-c2ccc(-c3ccc(-n4c5ccccc5c5c6c7ccccc7ccc6c6ccccc6c54)cc3)cc2)cc1. The molecule has 0 bridgehead atoms. The molecule has 0 saturated heterocycles. The van der Waals surface area contributed by atoms with Crippen molar-refractivity contribution >= 4 is 54.1 Å². The summed E-state index contributed by atoms with van der Waals surface area (Å²) in [7, 11) is 0. The summed E-state index contributed by atoms with van der Waals surface area (Å²) in [4.78, 5) is 0. The summed E-state index contributed by atoms with van der Waals surface area (Å²) in [5.74, 6) is 0. The van der Waals surface area contributed by atoms with Crippen LogP contribution in [0.5, 0.6) is 0 Å². The smallest absolute Gasteiger partial charge is 0.0626 e. The highest BCUT2D eigenvalue weighted by molar-refractivity contribution is 6.36. The molecule has 9 aromatic rings. The van der Waals surface area contributed by atoms with E-state index in [-0.39, 0.29) is 0 Å². The standard InChI is InChI=1S/C42H27N/c1-2-10-28(11-3-1)29-18-20-30(21-19-29)31-22-25-33(26-23-31)43-39-17-9-8-16-38(39)41-40-34-13-5-4-12-32(34)24-27-36(40)35-14-6-7-15-37(35)42(41)43/h1-27H. The van der Waals surface area contributed by atoms with E-state index in [4.69, 9.17) is 0 Å². The summed E-state index contributed by atoms with van der Waals surface area (Å²) < 4.78 is 2.47. The Labute approximate surface area is 249 Å². The van der Waals surface area contributed by atoms with Crippen molar-refractivity contribution in [3.8, 4) is 27.9 Å². The van der Waals surface area contributed by atoms with Crippen LogP contribution in [-0.4, -0.2) is 4.57 Å². The fourth-order valence-corrected chi connectivity index (χ4v) is 6.99. The largest absolute Gasteiger partial charge is 0.309 e. The average Bonchev–Trinajstić information content (AvgIpc) is 3.44. The maximum atomic E-state index is 2.47. The highest BCUT2D eigenvalue weighted by Gasteiger charge is 2.20. The van der Waals surface area contributed by atoms with Crippen LogP contribution in [0.2, 0.25) is 0 Å². The van der Waals surface area contributed by atoms with Gasteiger partial charge in [-0.05, 0) is 62.0 Å². The molecule has 0 unspecified atom stereocenters. The van der Waals surface area contributed by atoms with Crippen LogP contribution in [0, 0.1) is 0 Å². The number of para-hydroxylation sites is 1. The van der Waals surface area contributed by atoms with Gasteiger partial charge >= 0.3 is 0 Å². The molecule has 0 radical (unpaired) electrons. The minimum Gasteiger partial charge on any atom is -0.309 e. The fourth-order valence-electron chi connectivity index (χ4n) is 6.99. The van der Waals surface area contributed by atoms with Crippen molar-refractivity contribution in [1.82, 2.24) is 4.57 Å². The molecule has 0 amide bonds. The quantitative estimate of drug-likeness (QED) is 0.195. The van der Waals surface area contributed by atoms with Gasteiger partial charge in [-0.15, -0.1) is 0 Å². The van der Waals surface area contributed by atoms with Crippen LogP contribution in [0.25, 0.3) is 82.1 Å². The first kappa shape index (κ1) is 24.0. The fraction of sp³-hybridized carbons (Fsp3) is 0. The van der Waals surface area contributed by atoms with E-state index in [1.54, 1.807) is 0 Å². The molecule has 0 atom stereocenters. The van der Waals surface area contributed by atoms with Crippen molar-refractivity contribution < 1.29 is 0 Å². The van der Waals surface area contributed by atoms with Crippen molar-refractivity contribution in [3.05, 3.63) is 164 Å². The molecule has 1 heteroatoms. The molecule has 9 rings (SSSR count). The van der Waals surface area contributed by atoms with E-state index < -0.39 is 0 Å². The number of hydrogen-bond donors (Lipinski definition) is 0. The van der Waals surface area contributed by atoms with Crippen LogP contribution in [-0.2, 0) is 0 Å². The normalized spacial score (nSPS) is 11.7. The van der Waals surface area contributed by atoms with Gasteiger partial charge in [0.25, 0.3) is 0 Å². The third-order valence-corrected chi connectivity index (χ3v) is 8.98. The summed E-state index contributed by atoms with van der Waals surface area (Å²) in [6.45, 7) is 0. The zero-order valence-corrected chi connectivity index (χ0v) is 23.5. The van der Waals surface area contributed by atoms with Crippen molar-refractivity contribution in [2.24, 2.45) is 0 Å². The Balaban J connectivity index is 1.29. The third-order valence-electron chi connectivity index (χ3n) is 8.98. The van der Waals surface area contributed by atoms with Gasteiger partial charge in [0.05, 0.1) is 11.0 Å². The van der Waals surface area contributed by atoms with E-state index >= 15 is 0 Å². The van der Waals surface area contributed by atoms with E-state index in [9.17, 15) is 0 Å². The van der Waals surface area contributed by atoms with Crippen LogP contribution in [0.4, 0.5) is 0 Å². The Kier molecular flexibility index (Phi) is 5.27. The molecule has 0 N–H and O–H groups in total. The lowest BCUT2D eigenvalue weighted by Gasteiger charge is -2.14. The summed E-state index contributed by atoms with van der Waals surface area (Å²) in [6.07, 6.45) is 0. The second kappa shape index (κ2) is 9.44. The molecule has 43 heavy (non-hydrogen) atoms. The zero-order valence-electron chi connectivity index (χ0n) is 23.5. The van der Waals surface area contributed by atoms with E-state index in [2.05, 4.69) is 168 Å². The lowest BCUT2D eigenvalue weighted by Crippen LogP contribution is -1.95. The van der Waals surface area contributed by atoms with Gasteiger partial charge in [-0.3, -0.25) is 0 Å². The van der Waals surface area contributed by atoms with Gasteiger partial charge in [-0.25, -0.2) is 0 Å². The molecule has 0 aliphatic carbocycles. The molecule has 1 heterocycles. The summed E-state index contributed by atoms with van der Waals surface area (Å²) in [5, 5.41) is 10.4. The lowest BCUT2D eigenvalue weighted by atomic mass is 9.93. The number of fused-ring (bicyclic) bond motifs is 10.